The molecule has 1 N–H and O–H groups in total. The Bertz CT molecular complexity index is 348. The molecule has 0 aromatic carbocycles. The molecule has 0 amide bonds. The molecule has 18 heavy (non-hydrogen) atoms. The highest BCUT2D eigenvalue weighted by Crippen LogP contribution is 2.11. The van der Waals surface area contributed by atoms with E-state index in [1.54, 1.807) is 0 Å². The van der Waals surface area contributed by atoms with Crippen LogP contribution in [0.4, 0.5) is 0 Å². The highest BCUT2D eigenvalue weighted by molar-refractivity contribution is 7.79. The van der Waals surface area contributed by atoms with E-state index in [1.807, 2.05) is 13.0 Å². The highest BCUT2D eigenvalue weighted by atomic mass is 32.2. The van der Waals surface area contributed by atoms with E-state index in [4.69, 9.17) is 4.55 Å². The van der Waals surface area contributed by atoms with Gasteiger partial charge in [0.25, 0.3) is 0 Å². The fourth-order valence-corrected chi connectivity index (χ4v) is 1.98. The second kappa shape index (κ2) is 10.3. The number of hydrogen-bond acceptors (Lipinski definition) is 1. The molecule has 3 heteroatoms. The predicted molar refractivity (Wildman–Crippen MR) is 81.1 cm³/mol. The summed E-state index contributed by atoms with van der Waals surface area (Å²) in [4.78, 5) is 0. The van der Waals surface area contributed by atoms with Crippen LogP contribution in [0.25, 0.3) is 0 Å². The molecule has 0 fully saturated rings. The predicted octanol–water partition coefficient (Wildman–Crippen LogP) is 4.63. The standard InChI is InChI=1S/C15H26O2S/c1-13(2)7-5-8-14(3)9-6-10-15(4)11-12-18(16)17/h7,9,11H,5-6,8,10,12H2,1-4H3,(H,16,17)/b14-9+,15-11+. The summed E-state index contributed by atoms with van der Waals surface area (Å²) in [7, 11) is 0. The summed E-state index contributed by atoms with van der Waals surface area (Å²) in [6.07, 6.45) is 10.6. The van der Waals surface area contributed by atoms with Gasteiger partial charge < -0.3 is 4.55 Å². The Morgan fingerprint density at radius 1 is 0.944 bits per heavy atom. The van der Waals surface area contributed by atoms with Gasteiger partial charge in [0, 0.05) is 0 Å². The first-order valence-electron chi connectivity index (χ1n) is 6.44. The zero-order chi connectivity index (χ0) is 14.0. The van der Waals surface area contributed by atoms with E-state index in [-0.39, 0.29) is 5.75 Å². The maximum absolute atomic E-state index is 10.5. The molecule has 0 saturated heterocycles. The van der Waals surface area contributed by atoms with Gasteiger partial charge in [-0.25, -0.2) is 4.21 Å². The first kappa shape index (κ1) is 17.3. The van der Waals surface area contributed by atoms with Gasteiger partial charge in [0.15, 0.2) is 11.1 Å². The van der Waals surface area contributed by atoms with E-state index in [9.17, 15) is 4.21 Å². The molecule has 1 atom stereocenters. The van der Waals surface area contributed by atoms with Crippen LogP contribution in [0.1, 0.15) is 53.4 Å². The first-order valence-corrected chi connectivity index (χ1v) is 7.71. The molecule has 2 nitrogen and oxygen atoms in total. The van der Waals surface area contributed by atoms with Gasteiger partial charge in [-0.3, -0.25) is 0 Å². The van der Waals surface area contributed by atoms with Gasteiger partial charge in [-0.15, -0.1) is 0 Å². The molecule has 0 saturated carbocycles. The Hall–Kier alpha value is -0.670. The molecule has 0 aromatic rings. The number of rotatable bonds is 8. The Labute approximate surface area is 114 Å². The Morgan fingerprint density at radius 2 is 1.44 bits per heavy atom. The van der Waals surface area contributed by atoms with Crippen LogP contribution >= 0.6 is 0 Å². The van der Waals surface area contributed by atoms with Gasteiger partial charge in [0.2, 0.25) is 0 Å². The maximum atomic E-state index is 10.5. The molecule has 0 aliphatic rings. The Morgan fingerprint density at radius 3 is 1.94 bits per heavy atom. The van der Waals surface area contributed by atoms with Crippen molar-refractivity contribution in [2.24, 2.45) is 0 Å². The molecule has 1 unspecified atom stereocenters. The third kappa shape index (κ3) is 11.8. The molecule has 104 valence electrons. The van der Waals surface area contributed by atoms with E-state index in [1.165, 1.54) is 16.7 Å². The van der Waals surface area contributed by atoms with Crippen molar-refractivity contribution < 1.29 is 8.76 Å². The summed E-state index contributed by atoms with van der Waals surface area (Å²) in [5.41, 5.74) is 3.98. The van der Waals surface area contributed by atoms with Crippen molar-refractivity contribution >= 4 is 11.1 Å². The summed E-state index contributed by atoms with van der Waals surface area (Å²) < 4.78 is 19.2. The molecule has 0 heterocycles. The molecule has 0 radical (unpaired) electrons. The monoisotopic (exact) mass is 270 g/mol. The third-order valence-electron chi connectivity index (χ3n) is 2.70. The average molecular weight is 270 g/mol. The molecule has 0 aliphatic carbocycles. The average Bonchev–Trinajstić information content (AvgIpc) is 2.25. The maximum Gasteiger partial charge on any atom is 0.156 e. The van der Waals surface area contributed by atoms with Crippen molar-refractivity contribution in [2.75, 3.05) is 5.75 Å². The van der Waals surface area contributed by atoms with Crippen LogP contribution in [-0.4, -0.2) is 14.5 Å². The van der Waals surface area contributed by atoms with Crippen LogP contribution in [0.15, 0.2) is 34.9 Å². The van der Waals surface area contributed by atoms with Crippen molar-refractivity contribution in [3.8, 4) is 0 Å². The van der Waals surface area contributed by atoms with Crippen LogP contribution in [0, 0.1) is 0 Å². The summed E-state index contributed by atoms with van der Waals surface area (Å²) in [5, 5.41) is 0. The highest BCUT2D eigenvalue weighted by Gasteiger charge is 1.93. The fourth-order valence-electron chi connectivity index (χ4n) is 1.55. The zero-order valence-electron chi connectivity index (χ0n) is 12.0. The summed E-state index contributed by atoms with van der Waals surface area (Å²) >= 11 is -1.71. The second-order valence-corrected chi connectivity index (χ2v) is 5.92. The lowest BCUT2D eigenvalue weighted by Crippen LogP contribution is -1.91. The lowest BCUT2D eigenvalue weighted by molar-refractivity contribution is 0.567. The van der Waals surface area contributed by atoms with E-state index in [0.29, 0.717) is 0 Å². The van der Waals surface area contributed by atoms with Crippen molar-refractivity contribution in [2.45, 2.75) is 53.4 Å². The van der Waals surface area contributed by atoms with Gasteiger partial charge >= 0.3 is 0 Å². The van der Waals surface area contributed by atoms with Crippen LogP contribution in [0.2, 0.25) is 0 Å². The first-order chi connectivity index (χ1) is 8.41. The van der Waals surface area contributed by atoms with Crippen molar-refractivity contribution in [1.82, 2.24) is 0 Å². The smallest absolute Gasteiger partial charge is 0.156 e. The third-order valence-corrected chi connectivity index (χ3v) is 3.15. The topological polar surface area (TPSA) is 37.3 Å². The van der Waals surface area contributed by atoms with Gasteiger partial charge in [-0.2, -0.15) is 0 Å². The largest absolute Gasteiger partial charge is 0.306 e. The normalized spacial score (nSPS) is 14.5. The lowest BCUT2D eigenvalue weighted by Gasteiger charge is -2.01. The van der Waals surface area contributed by atoms with Crippen molar-refractivity contribution in [1.29, 1.82) is 0 Å². The van der Waals surface area contributed by atoms with E-state index < -0.39 is 11.1 Å². The van der Waals surface area contributed by atoms with Gasteiger partial charge in [-0.1, -0.05) is 34.9 Å². The minimum absolute atomic E-state index is 0.245. The van der Waals surface area contributed by atoms with E-state index in [0.717, 1.165) is 25.7 Å². The van der Waals surface area contributed by atoms with Gasteiger partial charge in [-0.05, 0) is 53.4 Å². The molecule has 0 spiro atoms. The Kier molecular flexibility index (Phi) is 9.89. The van der Waals surface area contributed by atoms with Gasteiger partial charge in [0.1, 0.15) is 0 Å². The van der Waals surface area contributed by atoms with Gasteiger partial charge in [0.05, 0.1) is 5.75 Å². The minimum atomic E-state index is -1.71. The van der Waals surface area contributed by atoms with Crippen LogP contribution in [-0.2, 0) is 11.1 Å². The summed E-state index contributed by atoms with van der Waals surface area (Å²) in [5.74, 6) is 0.245. The fraction of sp³-hybridized carbons (Fsp3) is 0.600. The Balaban J connectivity index is 3.89. The molecular weight excluding hydrogens is 244 g/mol. The molecule has 0 aromatic heterocycles. The number of hydrogen-bond donors (Lipinski definition) is 1. The molecular formula is C15H26O2S. The van der Waals surface area contributed by atoms with Crippen LogP contribution in [0.5, 0.6) is 0 Å². The SMILES string of the molecule is CC(C)=CCC/C(C)=C/CC/C(C)=C/CS(=O)O. The van der Waals surface area contributed by atoms with E-state index >= 15 is 0 Å². The van der Waals surface area contributed by atoms with Crippen LogP contribution < -0.4 is 0 Å². The molecule has 0 bridgehead atoms. The number of allylic oxidation sites excluding steroid dienone is 5. The zero-order valence-corrected chi connectivity index (χ0v) is 12.8. The van der Waals surface area contributed by atoms with Crippen molar-refractivity contribution in [3.63, 3.8) is 0 Å². The molecule has 0 rings (SSSR count). The minimum Gasteiger partial charge on any atom is -0.306 e. The summed E-state index contributed by atoms with van der Waals surface area (Å²) in [6, 6.07) is 0. The van der Waals surface area contributed by atoms with E-state index in [2.05, 4.69) is 32.9 Å². The van der Waals surface area contributed by atoms with Crippen LogP contribution in [0.3, 0.4) is 0 Å². The molecule has 0 aliphatic heterocycles. The quantitative estimate of drug-likeness (QED) is 0.516. The van der Waals surface area contributed by atoms with Crippen molar-refractivity contribution in [3.05, 3.63) is 34.9 Å². The summed E-state index contributed by atoms with van der Waals surface area (Å²) in [6.45, 7) is 8.43. The lowest BCUT2D eigenvalue weighted by atomic mass is 10.1. The second-order valence-electron chi connectivity index (χ2n) is 4.95.